The number of hydrogen-bond acceptors (Lipinski definition) is 3. The molecule has 1 aliphatic heterocycles. The summed E-state index contributed by atoms with van der Waals surface area (Å²) in [6.07, 6.45) is 0. The molecule has 72 valence electrons. The zero-order valence-electron chi connectivity index (χ0n) is 7.36. The molecule has 0 radical (unpaired) electrons. The van der Waals surface area contributed by atoms with Crippen molar-refractivity contribution >= 4 is 31.3 Å². The van der Waals surface area contributed by atoms with E-state index >= 15 is 0 Å². The molecule has 2 nitrogen and oxygen atoms in total. The fourth-order valence-electron chi connectivity index (χ4n) is 1.89. The van der Waals surface area contributed by atoms with Crippen LogP contribution in [0.5, 0.6) is 0 Å². The molecule has 0 bridgehead atoms. The van der Waals surface area contributed by atoms with Crippen LogP contribution >= 0.6 is 11.3 Å². The molecule has 0 amide bonds. The van der Waals surface area contributed by atoms with Crippen LogP contribution in [0.15, 0.2) is 24.3 Å². The van der Waals surface area contributed by atoms with Crippen LogP contribution in [0.4, 0.5) is 0 Å². The van der Waals surface area contributed by atoms with Crippen molar-refractivity contribution < 1.29 is 8.42 Å². The number of rotatable bonds is 0. The first-order chi connectivity index (χ1) is 6.66. The normalized spacial score (nSPS) is 18.6. The van der Waals surface area contributed by atoms with E-state index in [4.69, 9.17) is 0 Å². The highest BCUT2D eigenvalue weighted by atomic mass is 32.2. The third-order valence-corrected chi connectivity index (χ3v) is 5.35. The maximum atomic E-state index is 11.4. The zero-order valence-corrected chi connectivity index (χ0v) is 8.99. The molecule has 0 aliphatic carbocycles. The third-order valence-electron chi connectivity index (χ3n) is 2.50. The molecule has 0 unspecified atom stereocenters. The Morgan fingerprint density at radius 2 is 1.93 bits per heavy atom. The van der Waals surface area contributed by atoms with Gasteiger partial charge in [0.05, 0.1) is 11.5 Å². The minimum absolute atomic E-state index is 0.229. The summed E-state index contributed by atoms with van der Waals surface area (Å²) in [5, 5.41) is 1.12. The highest BCUT2D eigenvalue weighted by Gasteiger charge is 2.28. The molecule has 3 rings (SSSR count). The maximum absolute atomic E-state index is 11.4. The van der Waals surface area contributed by atoms with Crippen LogP contribution in [-0.4, -0.2) is 8.42 Å². The summed E-state index contributed by atoms with van der Waals surface area (Å²) >= 11 is 1.61. The van der Waals surface area contributed by atoms with E-state index in [-0.39, 0.29) is 11.5 Å². The van der Waals surface area contributed by atoms with Crippen LogP contribution in [-0.2, 0) is 21.3 Å². The van der Waals surface area contributed by atoms with Crippen LogP contribution in [0, 0.1) is 0 Å². The van der Waals surface area contributed by atoms with Crippen molar-refractivity contribution in [3.63, 3.8) is 0 Å². The van der Waals surface area contributed by atoms with E-state index in [1.165, 1.54) is 4.70 Å². The van der Waals surface area contributed by atoms with Gasteiger partial charge in [0.15, 0.2) is 9.84 Å². The average Bonchev–Trinajstić information content (AvgIpc) is 2.56. The summed E-state index contributed by atoms with van der Waals surface area (Å²) in [5.41, 5.74) is 1.03. The lowest BCUT2D eigenvalue weighted by atomic mass is 10.2. The van der Waals surface area contributed by atoms with Crippen LogP contribution in [0.25, 0.3) is 10.1 Å². The zero-order chi connectivity index (χ0) is 9.76. The quantitative estimate of drug-likeness (QED) is 0.688. The number of fused-ring (bicyclic) bond motifs is 3. The fraction of sp³-hybridized carbons (Fsp3) is 0.200. The van der Waals surface area contributed by atoms with Crippen molar-refractivity contribution in [3.05, 3.63) is 34.7 Å². The highest BCUT2D eigenvalue weighted by Crippen LogP contribution is 2.38. The molecule has 0 N–H and O–H groups in total. The van der Waals surface area contributed by atoms with E-state index in [1.54, 1.807) is 11.3 Å². The molecule has 14 heavy (non-hydrogen) atoms. The Morgan fingerprint density at radius 1 is 1.14 bits per heavy atom. The second kappa shape index (κ2) is 2.58. The molecule has 1 aliphatic rings. The SMILES string of the molecule is O=S1(=O)Cc2sc3ccccc3c2C1. The van der Waals surface area contributed by atoms with Crippen LogP contribution in [0.1, 0.15) is 10.4 Å². The van der Waals surface area contributed by atoms with Crippen LogP contribution < -0.4 is 0 Å². The fourth-order valence-corrected chi connectivity index (χ4v) is 5.22. The minimum atomic E-state index is -2.84. The van der Waals surface area contributed by atoms with Crippen LogP contribution in [0.2, 0.25) is 0 Å². The van der Waals surface area contributed by atoms with Gasteiger partial charge in [0.1, 0.15) is 0 Å². The summed E-state index contributed by atoms with van der Waals surface area (Å²) in [5.74, 6) is 0.466. The maximum Gasteiger partial charge on any atom is 0.159 e. The lowest BCUT2D eigenvalue weighted by Crippen LogP contribution is -1.96. The molecule has 2 heterocycles. The van der Waals surface area contributed by atoms with E-state index in [1.807, 2.05) is 24.3 Å². The minimum Gasteiger partial charge on any atom is -0.228 e. The first-order valence-corrected chi connectivity index (χ1v) is 6.99. The molecular formula is C10H8O2S2. The lowest BCUT2D eigenvalue weighted by molar-refractivity contribution is 0.598. The van der Waals surface area contributed by atoms with Crippen molar-refractivity contribution in [1.82, 2.24) is 0 Å². The summed E-state index contributed by atoms with van der Waals surface area (Å²) < 4.78 is 24.0. The van der Waals surface area contributed by atoms with Gasteiger partial charge in [0.2, 0.25) is 0 Å². The standard InChI is InChI=1S/C10H8O2S2/c11-14(12)5-8-7-3-1-2-4-9(7)13-10(8)6-14/h1-4H,5-6H2. The van der Waals surface area contributed by atoms with Gasteiger partial charge < -0.3 is 0 Å². The number of thiophene rings is 1. The van der Waals surface area contributed by atoms with Crippen molar-refractivity contribution in [1.29, 1.82) is 0 Å². The molecule has 0 saturated heterocycles. The van der Waals surface area contributed by atoms with Gasteiger partial charge in [0.25, 0.3) is 0 Å². The molecule has 0 spiro atoms. The first kappa shape index (κ1) is 8.44. The van der Waals surface area contributed by atoms with Crippen molar-refractivity contribution in [3.8, 4) is 0 Å². The van der Waals surface area contributed by atoms with Gasteiger partial charge in [0, 0.05) is 9.58 Å². The Hall–Kier alpha value is -0.870. The summed E-state index contributed by atoms with van der Waals surface area (Å²) in [6, 6.07) is 8.00. The summed E-state index contributed by atoms with van der Waals surface area (Å²) in [7, 11) is -2.84. The molecule has 1 aromatic heterocycles. The average molecular weight is 224 g/mol. The Labute approximate surface area is 86.1 Å². The monoisotopic (exact) mass is 224 g/mol. The Kier molecular flexibility index (Phi) is 1.56. The van der Waals surface area contributed by atoms with Crippen molar-refractivity contribution in [2.75, 3.05) is 0 Å². The topological polar surface area (TPSA) is 34.1 Å². The third kappa shape index (κ3) is 1.11. The second-order valence-electron chi connectivity index (χ2n) is 3.53. The van der Waals surface area contributed by atoms with Gasteiger partial charge >= 0.3 is 0 Å². The second-order valence-corrected chi connectivity index (χ2v) is 6.73. The van der Waals surface area contributed by atoms with Gasteiger partial charge in [-0.1, -0.05) is 18.2 Å². The Bertz CT molecular complexity index is 608. The molecule has 2 aromatic rings. The number of benzene rings is 1. The molecule has 0 saturated carbocycles. The number of hydrogen-bond donors (Lipinski definition) is 0. The van der Waals surface area contributed by atoms with Crippen LogP contribution in [0.3, 0.4) is 0 Å². The summed E-state index contributed by atoms with van der Waals surface area (Å²) in [4.78, 5) is 1.03. The van der Waals surface area contributed by atoms with Gasteiger partial charge in [-0.05, 0) is 17.0 Å². The van der Waals surface area contributed by atoms with E-state index in [0.29, 0.717) is 0 Å². The molecule has 4 heteroatoms. The van der Waals surface area contributed by atoms with E-state index in [2.05, 4.69) is 0 Å². The largest absolute Gasteiger partial charge is 0.228 e. The Balaban J connectivity index is 2.36. The highest BCUT2D eigenvalue weighted by molar-refractivity contribution is 7.90. The van der Waals surface area contributed by atoms with Crippen molar-refractivity contribution in [2.24, 2.45) is 0 Å². The van der Waals surface area contributed by atoms with E-state index < -0.39 is 9.84 Å². The molecule has 0 fully saturated rings. The smallest absolute Gasteiger partial charge is 0.159 e. The predicted molar refractivity (Wildman–Crippen MR) is 58.2 cm³/mol. The summed E-state index contributed by atoms with van der Waals surface area (Å²) in [6.45, 7) is 0. The van der Waals surface area contributed by atoms with Crippen molar-refractivity contribution in [2.45, 2.75) is 11.5 Å². The Morgan fingerprint density at radius 3 is 2.79 bits per heavy atom. The molecule has 1 aromatic carbocycles. The van der Waals surface area contributed by atoms with Gasteiger partial charge in [-0.3, -0.25) is 0 Å². The van der Waals surface area contributed by atoms with Gasteiger partial charge in [-0.25, -0.2) is 8.42 Å². The van der Waals surface area contributed by atoms with Gasteiger partial charge in [-0.15, -0.1) is 11.3 Å². The molecule has 0 atom stereocenters. The van der Waals surface area contributed by atoms with E-state index in [0.717, 1.165) is 15.8 Å². The first-order valence-electron chi connectivity index (χ1n) is 4.35. The van der Waals surface area contributed by atoms with E-state index in [9.17, 15) is 8.42 Å². The lowest BCUT2D eigenvalue weighted by Gasteiger charge is -1.92. The predicted octanol–water partition coefficient (Wildman–Crippen LogP) is 2.33. The number of sulfone groups is 1. The van der Waals surface area contributed by atoms with Gasteiger partial charge in [-0.2, -0.15) is 0 Å². The molecular weight excluding hydrogens is 216 g/mol.